The molecule has 29 heavy (non-hydrogen) atoms. The van der Waals surface area contributed by atoms with E-state index in [4.69, 9.17) is 5.11 Å². The summed E-state index contributed by atoms with van der Waals surface area (Å²) in [5, 5.41) is 7.89. The molecule has 1 rings (SSSR count). The molecule has 0 aromatic heterocycles. The molecule has 6 nitrogen and oxygen atoms in total. The van der Waals surface area contributed by atoms with Gasteiger partial charge in [0.25, 0.3) is 0 Å². The van der Waals surface area contributed by atoms with Crippen LogP contribution in [0.15, 0.2) is 74.4 Å². The van der Waals surface area contributed by atoms with Crippen molar-refractivity contribution in [2.45, 2.75) is 26.7 Å². The van der Waals surface area contributed by atoms with E-state index in [0.717, 1.165) is 18.9 Å². The van der Waals surface area contributed by atoms with Gasteiger partial charge in [-0.05, 0) is 18.9 Å². The zero-order chi connectivity index (χ0) is 23.1. The number of carboxylic acids is 1. The monoisotopic (exact) mass is 404 g/mol. The number of hydrogen-bond acceptors (Lipinski definition) is 5. The first-order valence-corrected chi connectivity index (χ1v) is 8.75. The quantitative estimate of drug-likeness (QED) is 0.397. The maximum absolute atomic E-state index is 10.3. The molecule has 0 aliphatic rings. The maximum atomic E-state index is 10.3. The number of carbonyl (C=O) groups excluding carboxylic acids is 2. The fraction of sp³-hybridized carbons (Fsp3) is 0.261. The largest absolute Gasteiger partial charge is 0.478 e. The van der Waals surface area contributed by atoms with Gasteiger partial charge in [0.15, 0.2) is 0 Å². The van der Waals surface area contributed by atoms with Crippen LogP contribution in [0, 0.1) is 0 Å². The van der Waals surface area contributed by atoms with Gasteiger partial charge in [-0.3, -0.25) is 0 Å². The van der Waals surface area contributed by atoms with Crippen molar-refractivity contribution in [3.63, 3.8) is 0 Å². The molecule has 0 atom stereocenters. The van der Waals surface area contributed by atoms with Gasteiger partial charge in [-0.25, -0.2) is 14.4 Å². The van der Waals surface area contributed by atoms with Crippen LogP contribution in [0.1, 0.15) is 32.3 Å². The van der Waals surface area contributed by atoms with Crippen LogP contribution in [0.5, 0.6) is 0 Å². The SMILES string of the molecule is C=C(C)C(=O)O.C=CC(=O)OC.C=CC(=O)OCCCC.C=Cc1ccccc1. The van der Waals surface area contributed by atoms with E-state index in [-0.39, 0.29) is 11.5 Å². The number of carbonyl (C=O) groups is 3. The lowest BCUT2D eigenvalue weighted by Gasteiger charge is -1.97. The Morgan fingerprint density at radius 1 is 1.03 bits per heavy atom. The molecule has 1 aromatic rings. The second-order valence-corrected chi connectivity index (χ2v) is 5.15. The molecule has 0 amide bonds. The summed E-state index contributed by atoms with van der Waals surface area (Å²) < 4.78 is 8.82. The number of esters is 2. The number of hydrogen-bond donors (Lipinski definition) is 1. The van der Waals surface area contributed by atoms with Crippen LogP contribution >= 0.6 is 0 Å². The second-order valence-electron chi connectivity index (χ2n) is 5.15. The Bertz CT molecular complexity index is 617. The third-order valence-corrected chi connectivity index (χ3v) is 2.68. The number of rotatable bonds is 7. The first-order valence-electron chi connectivity index (χ1n) is 8.75. The van der Waals surface area contributed by atoms with Crippen molar-refractivity contribution in [3.8, 4) is 0 Å². The van der Waals surface area contributed by atoms with E-state index in [2.05, 4.69) is 35.8 Å². The average Bonchev–Trinajstić information content (AvgIpc) is 2.75. The van der Waals surface area contributed by atoms with Crippen LogP contribution in [0.3, 0.4) is 0 Å². The van der Waals surface area contributed by atoms with Crippen molar-refractivity contribution >= 4 is 24.0 Å². The molecule has 0 unspecified atom stereocenters. The number of methoxy groups -OCH3 is 1. The molecule has 160 valence electrons. The predicted octanol–water partition coefficient (Wildman–Crippen LogP) is 4.84. The summed E-state index contributed by atoms with van der Waals surface area (Å²) >= 11 is 0. The molecule has 0 aliphatic heterocycles. The predicted molar refractivity (Wildman–Crippen MR) is 117 cm³/mol. The van der Waals surface area contributed by atoms with Crippen molar-refractivity contribution in [1.29, 1.82) is 0 Å². The van der Waals surface area contributed by atoms with Gasteiger partial charge in [-0.15, -0.1) is 0 Å². The Hall–Kier alpha value is -3.41. The highest BCUT2D eigenvalue weighted by molar-refractivity contribution is 5.84. The van der Waals surface area contributed by atoms with Gasteiger partial charge in [0.1, 0.15) is 0 Å². The van der Waals surface area contributed by atoms with Crippen molar-refractivity contribution in [2.75, 3.05) is 13.7 Å². The number of carboxylic acid groups (broad SMARTS) is 1. The first kappa shape index (κ1) is 30.3. The summed E-state index contributed by atoms with van der Waals surface area (Å²) in [6.45, 7) is 17.2. The van der Waals surface area contributed by atoms with Gasteiger partial charge in [0.05, 0.1) is 13.7 Å². The van der Waals surface area contributed by atoms with Crippen LogP contribution < -0.4 is 0 Å². The van der Waals surface area contributed by atoms with Gasteiger partial charge in [-0.2, -0.15) is 0 Å². The van der Waals surface area contributed by atoms with E-state index in [9.17, 15) is 14.4 Å². The van der Waals surface area contributed by atoms with Crippen LogP contribution in [0.2, 0.25) is 0 Å². The Labute approximate surface area is 173 Å². The van der Waals surface area contributed by atoms with Gasteiger partial charge in [-0.1, -0.05) is 76.1 Å². The van der Waals surface area contributed by atoms with E-state index < -0.39 is 11.9 Å². The highest BCUT2D eigenvalue weighted by atomic mass is 16.5. The Morgan fingerprint density at radius 3 is 1.76 bits per heavy atom. The van der Waals surface area contributed by atoms with E-state index in [0.29, 0.717) is 6.61 Å². The zero-order valence-corrected chi connectivity index (χ0v) is 17.6. The van der Waals surface area contributed by atoms with Crippen LogP contribution in [0.25, 0.3) is 6.08 Å². The second kappa shape index (κ2) is 22.6. The van der Waals surface area contributed by atoms with E-state index >= 15 is 0 Å². The maximum Gasteiger partial charge on any atom is 0.330 e. The third-order valence-electron chi connectivity index (χ3n) is 2.68. The number of unbranched alkanes of at least 4 members (excludes halogenated alkanes) is 1. The van der Waals surface area contributed by atoms with E-state index in [1.54, 1.807) is 0 Å². The van der Waals surface area contributed by atoms with Crippen molar-refractivity contribution in [1.82, 2.24) is 0 Å². The minimum absolute atomic E-state index is 0.176. The molecule has 0 fully saturated rings. The molecular weight excluding hydrogens is 372 g/mol. The standard InChI is InChI=1S/C8H8.C7H12O2.2C4H6O2/c1-2-8-6-4-3-5-7-8;1-3-5-6-9-7(8)4-2;1-3-4(5)6-2;1-3(2)4(5)6/h2-7H,1H2;4H,2-3,5-6H2,1H3;3H,1H2,2H3;1H2,2H3,(H,5,6). The topological polar surface area (TPSA) is 89.9 Å². The lowest BCUT2D eigenvalue weighted by Crippen LogP contribution is -2.00. The van der Waals surface area contributed by atoms with Gasteiger partial charge in [0, 0.05) is 17.7 Å². The molecule has 0 heterocycles. The average molecular weight is 405 g/mol. The first-order chi connectivity index (χ1) is 13.7. The van der Waals surface area contributed by atoms with E-state index in [1.165, 1.54) is 25.7 Å². The number of aliphatic carboxylic acids is 1. The lowest BCUT2D eigenvalue weighted by molar-refractivity contribution is -0.138. The number of ether oxygens (including phenoxy) is 2. The Morgan fingerprint density at radius 2 is 1.52 bits per heavy atom. The lowest BCUT2D eigenvalue weighted by atomic mass is 10.2. The molecule has 0 saturated carbocycles. The molecule has 6 heteroatoms. The zero-order valence-electron chi connectivity index (χ0n) is 17.6. The summed E-state index contributed by atoms with van der Waals surface area (Å²) in [6.07, 6.45) is 6.10. The highest BCUT2D eigenvalue weighted by Gasteiger charge is 1.91. The molecule has 0 saturated heterocycles. The summed E-state index contributed by atoms with van der Waals surface area (Å²) in [6, 6.07) is 10.0. The summed E-state index contributed by atoms with van der Waals surface area (Å²) in [7, 11) is 1.31. The Kier molecular flexibility index (Phi) is 23.7. The van der Waals surface area contributed by atoms with Crippen molar-refractivity contribution in [2.24, 2.45) is 0 Å². The van der Waals surface area contributed by atoms with Gasteiger partial charge in [0.2, 0.25) is 0 Å². The third kappa shape index (κ3) is 26.9. The fourth-order valence-corrected chi connectivity index (χ4v) is 1.05. The summed E-state index contributed by atoms with van der Waals surface area (Å²) in [4.78, 5) is 29.8. The van der Waals surface area contributed by atoms with Crippen molar-refractivity contribution < 1.29 is 29.0 Å². The molecular formula is C23H32O6. The molecule has 0 spiro atoms. The van der Waals surface area contributed by atoms with E-state index in [1.807, 2.05) is 43.3 Å². The molecule has 1 N–H and O–H groups in total. The van der Waals surface area contributed by atoms with Gasteiger partial charge >= 0.3 is 17.9 Å². The fourth-order valence-electron chi connectivity index (χ4n) is 1.05. The smallest absolute Gasteiger partial charge is 0.330 e. The Balaban J connectivity index is -0.000000316. The normalized spacial score (nSPS) is 7.97. The minimum atomic E-state index is -0.935. The summed E-state index contributed by atoms with van der Waals surface area (Å²) in [5.41, 5.74) is 1.35. The molecule has 1 aromatic carbocycles. The number of benzene rings is 1. The minimum Gasteiger partial charge on any atom is -0.478 e. The highest BCUT2D eigenvalue weighted by Crippen LogP contribution is 1.97. The summed E-state index contributed by atoms with van der Waals surface area (Å²) in [5.74, 6) is -1.66. The van der Waals surface area contributed by atoms with Crippen LogP contribution in [0.4, 0.5) is 0 Å². The van der Waals surface area contributed by atoms with Crippen molar-refractivity contribution in [3.05, 3.63) is 79.9 Å². The van der Waals surface area contributed by atoms with Crippen LogP contribution in [-0.2, 0) is 23.9 Å². The van der Waals surface area contributed by atoms with Crippen LogP contribution in [-0.4, -0.2) is 36.7 Å². The molecule has 0 radical (unpaired) electrons. The molecule has 0 bridgehead atoms. The molecule has 0 aliphatic carbocycles. The van der Waals surface area contributed by atoms with Gasteiger partial charge < -0.3 is 14.6 Å².